The third kappa shape index (κ3) is 4.35. The lowest BCUT2D eigenvalue weighted by Crippen LogP contribution is -2.11. The smallest absolute Gasteiger partial charge is 0.335 e. The van der Waals surface area contributed by atoms with Crippen molar-refractivity contribution in [2.45, 2.75) is 39.2 Å². The highest BCUT2D eigenvalue weighted by Gasteiger charge is 2.05. The van der Waals surface area contributed by atoms with Gasteiger partial charge in [0.1, 0.15) is 5.75 Å². The van der Waals surface area contributed by atoms with Crippen LogP contribution < -0.4 is 4.74 Å². The number of unbranched alkanes of at least 4 members (excludes halogenated alkanes) is 1. The zero-order chi connectivity index (χ0) is 15.9. The highest BCUT2D eigenvalue weighted by molar-refractivity contribution is 5.88. The molecule has 2 rings (SSSR count). The Kier molecular flexibility index (Phi) is 5.59. The molecule has 0 heterocycles. The van der Waals surface area contributed by atoms with E-state index in [1.807, 2.05) is 36.4 Å². The Morgan fingerprint density at radius 2 is 1.59 bits per heavy atom. The van der Waals surface area contributed by atoms with Crippen LogP contribution in [0.3, 0.4) is 0 Å². The average Bonchev–Trinajstić information content (AvgIpc) is 2.54. The van der Waals surface area contributed by atoms with Crippen LogP contribution in [0.25, 0.3) is 11.1 Å². The minimum atomic E-state index is -0.906. The summed E-state index contributed by atoms with van der Waals surface area (Å²) in [5, 5.41) is 8.91. The maximum atomic E-state index is 10.9. The van der Waals surface area contributed by atoms with Gasteiger partial charge in [0.2, 0.25) is 0 Å². The van der Waals surface area contributed by atoms with Crippen molar-refractivity contribution in [3.63, 3.8) is 0 Å². The molecule has 0 aliphatic heterocycles. The third-order valence-corrected chi connectivity index (χ3v) is 3.62. The summed E-state index contributed by atoms with van der Waals surface area (Å²) < 4.78 is 5.88. The first-order chi connectivity index (χ1) is 10.6. The fourth-order valence-electron chi connectivity index (χ4n) is 2.31. The van der Waals surface area contributed by atoms with Crippen LogP contribution in [-0.2, 0) is 0 Å². The molecule has 1 atom stereocenters. The second kappa shape index (κ2) is 7.64. The molecule has 1 unspecified atom stereocenters. The number of hydrogen-bond donors (Lipinski definition) is 1. The quantitative estimate of drug-likeness (QED) is 0.781. The van der Waals surface area contributed by atoms with Gasteiger partial charge < -0.3 is 9.84 Å². The molecule has 0 saturated heterocycles. The molecule has 2 aromatic rings. The molecule has 2 aromatic carbocycles. The second-order valence-corrected chi connectivity index (χ2v) is 5.48. The van der Waals surface area contributed by atoms with Gasteiger partial charge in [0, 0.05) is 0 Å². The molecule has 1 N–H and O–H groups in total. The minimum absolute atomic E-state index is 0.223. The van der Waals surface area contributed by atoms with E-state index in [4.69, 9.17) is 9.84 Å². The molecule has 0 spiro atoms. The molecule has 0 aliphatic carbocycles. The van der Waals surface area contributed by atoms with E-state index in [9.17, 15) is 4.79 Å². The number of carboxylic acids is 1. The maximum absolute atomic E-state index is 10.9. The number of ether oxygens (including phenoxy) is 1. The van der Waals surface area contributed by atoms with Gasteiger partial charge in [-0.2, -0.15) is 0 Å². The highest BCUT2D eigenvalue weighted by Crippen LogP contribution is 2.24. The van der Waals surface area contributed by atoms with E-state index >= 15 is 0 Å². The molecule has 0 saturated carbocycles. The van der Waals surface area contributed by atoms with Crippen molar-refractivity contribution in [1.82, 2.24) is 0 Å². The van der Waals surface area contributed by atoms with E-state index in [2.05, 4.69) is 13.8 Å². The Hall–Kier alpha value is -2.29. The van der Waals surface area contributed by atoms with E-state index < -0.39 is 5.97 Å². The third-order valence-electron chi connectivity index (χ3n) is 3.62. The Balaban J connectivity index is 2.03. The lowest BCUT2D eigenvalue weighted by molar-refractivity contribution is 0.0697. The number of aromatic carboxylic acids is 1. The maximum Gasteiger partial charge on any atom is 0.335 e. The number of rotatable bonds is 7. The molecule has 3 nitrogen and oxygen atoms in total. The first-order valence-corrected chi connectivity index (χ1v) is 7.70. The van der Waals surface area contributed by atoms with E-state index in [1.54, 1.807) is 12.1 Å². The van der Waals surface area contributed by atoms with Gasteiger partial charge in [-0.25, -0.2) is 4.79 Å². The molecule has 0 radical (unpaired) electrons. The lowest BCUT2D eigenvalue weighted by atomic mass is 10.0. The zero-order valence-corrected chi connectivity index (χ0v) is 13.1. The van der Waals surface area contributed by atoms with Crippen LogP contribution in [0.5, 0.6) is 5.75 Å². The molecule has 0 bridgehead atoms. The molecule has 0 amide bonds. The first-order valence-electron chi connectivity index (χ1n) is 7.70. The van der Waals surface area contributed by atoms with Crippen LogP contribution >= 0.6 is 0 Å². The number of carbonyl (C=O) groups is 1. The average molecular weight is 298 g/mol. The summed E-state index contributed by atoms with van der Waals surface area (Å²) in [5.74, 6) is -0.0362. The van der Waals surface area contributed by atoms with Gasteiger partial charge in [0.15, 0.2) is 0 Å². The van der Waals surface area contributed by atoms with Crippen molar-refractivity contribution < 1.29 is 14.6 Å². The summed E-state index contributed by atoms with van der Waals surface area (Å²) >= 11 is 0. The van der Waals surface area contributed by atoms with Crippen molar-refractivity contribution in [2.75, 3.05) is 0 Å². The summed E-state index contributed by atoms with van der Waals surface area (Å²) in [6.45, 7) is 4.27. The fourth-order valence-corrected chi connectivity index (χ4v) is 2.31. The number of benzene rings is 2. The summed E-state index contributed by atoms with van der Waals surface area (Å²) in [4.78, 5) is 10.9. The fraction of sp³-hybridized carbons (Fsp3) is 0.316. The molecule has 0 fully saturated rings. The Bertz CT molecular complexity index is 600. The molecular formula is C19H22O3. The molecular weight excluding hydrogens is 276 g/mol. The Morgan fingerprint density at radius 3 is 2.09 bits per heavy atom. The lowest BCUT2D eigenvalue weighted by Gasteiger charge is -2.14. The molecule has 116 valence electrons. The van der Waals surface area contributed by atoms with Crippen LogP contribution in [0.1, 0.15) is 43.5 Å². The molecule has 22 heavy (non-hydrogen) atoms. The Labute approximate surface area is 131 Å². The van der Waals surface area contributed by atoms with E-state index in [0.29, 0.717) is 5.56 Å². The normalized spacial score (nSPS) is 11.9. The monoisotopic (exact) mass is 298 g/mol. The summed E-state index contributed by atoms with van der Waals surface area (Å²) in [6, 6.07) is 14.8. The van der Waals surface area contributed by atoms with Crippen LogP contribution in [0.15, 0.2) is 48.5 Å². The predicted molar refractivity (Wildman–Crippen MR) is 88.5 cm³/mol. The molecule has 0 aromatic heterocycles. The van der Waals surface area contributed by atoms with Crippen LogP contribution in [0.4, 0.5) is 0 Å². The zero-order valence-electron chi connectivity index (χ0n) is 13.1. The number of carboxylic acid groups (broad SMARTS) is 1. The molecule has 3 heteroatoms. The van der Waals surface area contributed by atoms with Crippen LogP contribution in [-0.4, -0.2) is 17.2 Å². The largest absolute Gasteiger partial charge is 0.491 e. The predicted octanol–water partition coefficient (Wildman–Crippen LogP) is 5.01. The Morgan fingerprint density at radius 1 is 1.05 bits per heavy atom. The van der Waals surface area contributed by atoms with Gasteiger partial charge in [-0.1, -0.05) is 44.0 Å². The van der Waals surface area contributed by atoms with E-state index in [1.165, 1.54) is 12.8 Å². The topological polar surface area (TPSA) is 46.5 Å². The van der Waals surface area contributed by atoms with E-state index in [-0.39, 0.29) is 6.10 Å². The van der Waals surface area contributed by atoms with Gasteiger partial charge in [-0.05, 0) is 48.7 Å². The van der Waals surface area contributed by atoms with Crippen LogP contribution in [0, 0.1) is 0 Å². The van der Waals surface area contributed by atoms with Gasteiger partial charge in [-0.15, -0.1) is 0 Å². The molecule has 0 aliphatic rings. The van der Waals surface area contributed by atoms with Crippen molar-refractivity contribution in [3.05, 3.63) is 54.1 Å². The summed E-state index contributed by atoms with van der Waals surface area (Å²) in [6.07, 6.45) is 3.64. The highest BCUT2D eigenvalue weighted by atomic mass is 16.5. The van der Waals surface area contributed by atoms with Crippen molar-refractivity contribution >= 4 is 5.97 Å². The summed E-state index contributed by atoms with van der Waals surface area (Å²) in [5.41, 5.74) is 2.34. The van der Waals surface area contributed by atoms with Gasteiger partial charge >= 0.3 is 5.97 Å². The van der Waals surface area contributed by atoms with Gasteiger partial charge in [-0.3, -0.25) is 0 Å². The first kappa shape index (κ1) is 16.1. The summed E-state index contributed by atoms with van der Waals surface area (Å²) in [7, 11) is 0. The van der Waals surface area contributed by atoms with E-state index in [0.717, 1.165) is 23.3 Å². The second-order valence-electron chi connectivity index (χ2n) is 5.48. The number of hydrogen-bond acceptors (Lipinski definition) is 2. The van der Waals surface area contributed by atoms with Crippen molar-refractivity contribution in [1.29, 1.82) is 0 Å². The van der Waals surface area contributed by atoms with Crippen molar-refractivity contribution in [3.8, 4) is 16.9 Å². The van der Waals surface area contributed by atoms with Crippen LogP contribution in [0.2, 0.25) is 0 Å². The minimum Gasteiger partial charge on any atom is -0.491 e. The standard InChI is InChI=1S/C19H22O3/c1-3-4-5-14(2)22-18-12-10-16(11-13-18)15-6-8-17(9-7-15)19(20)21/h6-14H,3-5H2,1-2H3,(H,20,21). The van der Waals surface area contributed by atoms with Gasteiger partial charge in [0.25, 0.3) is 0 Å². The SMILES string of the molecule is CCCCC(C)Oc1ccc(-c2ccc(C(=O)O)cc2)cc1. The van der Waals surface area contributed by atoms with Gasteiger partial charge in [0.05, 0.1) is 11.7 Å². The van der Waals surface area contributed by atoms with Crippen molar-refractivity contribution in [2.24, 2.45) is 0 Å².